The topological polar surface area (TPSA) is 0 Å². The molecule has 0 N–H and O–H groups in total. The molecular weight excluding hydrogens is 254 g/mol. The van der Waals surface area contributed by atoms with Crippen molar-refractivity contribution in [1.82, 2.24) is 0 Å². The third-order valence-electron chi connectivity index (χ3n) is 4.66. The molecule has 0 nitrogen and oxygen atoms in total. The first kappa shape index (κ1) is 15.5. The van der Waals surface area contributed by atoms with Gasteiger partial charge in [0.1, 0.15) is 11.6 Å². The van der Waals surface area contributed by atoms with Crippen LogP contribution in [0.4, 0.5) is 8.78 Å². The predicted molar refractivity (Wildman–Crippen MR) is 79.8 cm³/mol. The zero-order valence-corrected chi connectivity index (χ0v) is 12.5. The zero-order chi connectivity index (χ0) is 14.4. The first-order valence-electron chi connectivity index (χ1n) is 8.15. The number of unbranched alkanes of at least 4 members (excludes halogenated alkanes) is 1. The zero-order valence-electron chi connectivity index (χ0n) is 12.5. The first-order chi connectivity index (χ1) is 9.69. The van der Waals surface area contributed by atoms with E-state index in [1.807, 2.05) is 0 Å². The Hall–Kier alpha value is -0.920. The first-order valence-corrected chi connectivity index (χ1v) is 8.15. The fourth-order valence-electron chi connectivity index (χ4n) is 3.47. The molecule has 2 unspecified atom stereocenters. The van der Waals surface area contributed by atoms with Crippen molar-refractivity contribution in [2.45, 2.75) is 70.6 Å². The fourth-order valence-corrected chi connectivity index (χ4v) is 3.47. The molecule has 2 atom stereocenters. The van der Waals surface area contributed by atoms with Gasteiger partial charge in [-0.05, 0) is 48.8 Å². The normalized spacial score (nSPS) is 24.1. The van der Waals surface area contributed by atoms with E-state index in [2.05, 4.69) is 6.92 Å². The van der Waals surface area contributed by atoms with Gasteiger partial charge in [0.2, 0.25) is 0 Å². The Morgan fingerprint density at radius 1 is 0.950 bits per heavy atom. The summed E-state index contributed by atoms with van der Waals surface area (Å²) in [6, 6.07) is 4.02. The molecule has 1 saturated carbocycles. The minimum atomic E-state index is -0.440. The van der Waals surface area contributed by atoms with E-state index in [4.69, 9.17) is 0 Å². The van der Waals surface area contributed by atoms with E-state index in [9.17, 15) is 8.78 Å². The van der Waals surface area contributed by atoms with Crippen LogP contribution in [0.25, 0.3) is 0 Å². The van der Waals surface area contributed by atoms with Crippen molar-refractivity contribution in [1.29, 1.82) is 0 Å². The van der Waals surface area contributed by atoms with E-state index in [1.54, 1.807) is 0 Å². The van der Waals surface area contributed by atoms with Crippen molar-refractivity contribution in [3.63, 3.8) is 0 Å². The highest BCUT2D eigenvalue weighted by molar-refractivity contribution is 5.22. The van der Waals surface area contributed by atoms with Crippen LogP contribution in [-0.4, -0.2) is 0 Å². The Kier molecular flexibility index (Phi) is 6.00. The number of rotatable bonds is 4. The van der Waals surface area contributed by atoms with Gasteiger partial charge in [-0.2, -0.15) is 0 Å². The van der Waals surface area contributed by atoms with Crippen molar-refractivity contribution in [2.24, 2.45) is 5.92 Å². The van der Waals surface area contributed by atoms with Gasteiger partial charge in [-0.25, -0.2) is 8.78 Å². The van der Waals surface area contributed by atoms with Crippen LogP contribution in [0, 0.1) is 17.6 Å². The van der Waals surface area contributed by atoms with Crippen LogP contribution in [0.15, 0.2) is 18.2 Å². The maximum absolute atomic E-state index is 13.4. The molecule has 2 rings (SSSR count). The van der Waals surface area contributed by atoms with Gasteiger partial charge in [-0.15, -0.1) is 0 Å². The molecule has 0 aliphatic heterocycles. The molecule has 1 fully saturated rings. The minimum Gasteiger partial charge on any atom is -0.207 e. The summed E-state index contributed by atoms with van der Waals surface area (Å²) >= 11 is 0. The van der Waals surface area contributed by atoms with Gasteiger partial charge in [0.25, 0.3) is 0 Å². The largest absolute Gasteiger partial charge is 0.207 e. The Balaban J connectivity index is 2.00. The van der Waals surface area contributed by atoms with Gasteiger partial charge in [0, 0.05) is 6.07 Å². The van der Waals surface area contributed by atoms with Crippen molar-refractivity contribution in [3.05, 3.63) is 35.4 Å². The lowest BCUT2D eigenvalue weighted by molar-refractivity contribution is 0.331. The lowest BCUT2D eigenvalue weighted by Gasteiger charge is -2.25. The lowest BCUT2D eigenvalue weighted by Crippen LogP contribution is -2.10. The molecule has 1 aromatic rings. The molecule has 2 heteroatoms. The van der Waals surface area contributed by atoms with Gasteiger partial charge in [0.05, 0.1) is 0 Å². The highest BCUT2D eigenvalue weighted by Crippen LogP contribution is 2.35. The van der Waals surface area contributed by atoms with E-state index in [0.29, 0.717) is 5.92 Å². The van der Waals surface area contributed by atoms with Crippen LogP contribution in [0.5, 0.6) is 0 Å². The minimum absolute atomic E-state index is 0.338. The number of benzene rings is 1. The molecular formula is C18H26F2. The van der Waals surface area contributed by atoms with Gasteiger partial charge in [-0.1, -0.05) is 45.4 Å². The van der Waals surface area contributed by atoms with Crippen LogP contribution < -0.4 is 0 Å². The average molecular weight is 280 g/mol. The maximum atomic E-state index is 13.4. The highest BCUT2D eigenvalue weighted by atomic mass is 19.1. The van der Waals surface area contributed by atoms with Crippen molar-refractivity contribution in [2.75, 3.05) is 0 Å². The molecule has 0 radical (unpaired) electrons. The van der Waals surface area contributed by atoms with E-state index in [-0.39, 0.29) is 0 Å². The second-order valence-corrected chi connectivity index (χ2v) is 6.27. The number of hydrogen-bond donors (Lipinski definition) is 0. The fraction of sp³-hybridized carbons (Fsp3) is 0.667. The summed E-state index contributed by atoms with van der Waals surface area (Å²) in [4.78, 5) is 0. The Bertz CT molecular complexity index is 392. The standard InChI is InChI=1S/C18H26F2/c1-2-3-6-14-7-4-5-8-15(10-9-14)16-11-17(19)13-18(20)12-16/h11-15H,2-10H2,1H3. The van der Waals surface area contributed by atoms with Crippen LogP contribution >= 0.6 is 0 Å². The summed E-state index contributed by atoms with van der Waals surface area (Å²) < 4.78 is 26.7. The summed E-state index contributed by atoms with van der Waals surface area (Å²) in [5, 5.41) is 0. The quantitative estimate of drug-likeness (QED) is 0.615. The third-order valence-corrected chi connectivity index (χ3v) is 4.66. The molecule has 20 heavy (non-hydrogen) atoms. The summed E-state index contributed by atoms with van der Waals surface area (Å²) in [5.41, 5.74) is 0.860. The molecule has 0 aromatic heterocycles. The van der Waals surface area contributed by atoms with Crippen LogP contribution in [0.2, 0.25) is 0 Å². The smallest absolute Gasteiger partial charge is 0.126 e. The molecule has 0 amide bonds. The van der Waals surface area contributed by atoms with E-state index < -0.39 is 11.6 Å². The van der Waals surface area contributed by atoms with Crippen LogP contribution in [0.1, 0.15) is 76.2 Å². The molecule has 0 saturated heterocycles. The Labute approximate surface area is 121 Å². The molecule has 0 bridgehead atoms. The predicted octanol–water partition coefficient (Wildman–Crippen LogP) is 6.21. The second kappa shape index (κ2) is 7.75. The summed E-state index contributed by atoms with van der Waals surface area (Å²) in [6.45, 7) is 2.24. The van der Waals surface area contributed by atoms with E-state index in [0.717, 1.165) is 30.4 Å². The average Bonchev–Trinajstić information content (AvgIpc) is 2.36. The van der Waals surface area contributed by atoms with E-state index in [1.165, 1.54) is 57.1 Å². The van der Waals surface area contributed by atoms with Gasteiger partial charge >= 0.3 is 0 Å². The monoisotopic (exact) mass is 280 g/mol. The highest BCUT2D eigenvalue weighted by Gasteiger charge is 2.19. The molecule has 0 spiro atoms. The van der Waals surface area contributed by atoms with E-state index >= 15 is 0 Å². The summed E-state index contributed by atoms with van der Waals surface area (Å²) in [6.07, 6.45) is 11.0. The Morgan fingerprint density at radius 3 is 2.35 bits per heavy atom. The summed E-state index contributed by atoms with van der Waals surface area (Å²) in [7, 11) is 0. The van der Waals surface area contributed by atoms with Crippen LogP contribution in [0.3, 0.4) is 0 Å². The second-order valence-electron chi connectivity index (χ2n) is 6.27. The Morgan fingerprint density at radius 2 is 1.65 bits per heavy atom. The molecule has 0 heterocycles. The van der Waals surface area contributed by atoms with Gasteiger partial charge < -0.3 is 0 Å². The molecule has 1 aromatic carbocycles. The number of hydrogen-bond acceptors (Lipinski definition) is 0. The van der Waals surface area contributed by atoms with Crippen molar-refractivity contribution < 1.29 is 8.78 Å². The van der Waals surface area contributed by atoms with Gasteiger partial charge in [-0.3, -0.25) is 0 Å². The SMILES string of the molecule is CCCCC1CCCCC(c2cc(F)cc(F)c2)CC1. The third kappa shape index (κ3) is 4.57. The molecule has 1 aliphatic rings. The lowest BCUT2D eigenvalue weighted by atomic mass is 9.80. The van der Waals surface area contributed by atoms with Gasteiger partial charge in [0.15, 0.2) is 0 Å². The van der Waals surface area contributed by atoms with Crippen molar-refractivity contribution >= 4 is 0 Å². The number of halogens is 2. The van der Waals surface area contributed by atoms with Crippen molar-refractivity contribution in [3.8, 4) is 0 Å². The summed E-state index contributed by atoms with van der Waals surface area (Å²) in [5.74, 6) is 0.273. The molecule has 112 valence electrons. The van der Waals surface area contributed by atoms with Crippen LogP contribution in [-0.2, 0) is 0 Å². The maximum Gasteiger partial charge on any atom is 0.126 e. The molecule has 1 aliphatic carbocycles.